The molecule has 0 aliphatic carbocycles. The first-order chi connectivity index (χ1) is 12.9. The highest BCUT2D eigenvalue weighted by atomic mass is 32.1. The highest BCUT2D eigenvalue weighted by Crippen LogP contribution is 2.24. The van der Waals surface area contributed by atoms with Gasteiger partial charge in [-0.2, -0.15) is 0 Å². The molecule has 0 saturated carbocycles. The summed E-state index contributed by atoms with van der Waals surface area (Å²) < 4.78 is 5.78. The zero-order chi connectivity index (χ0) is 19.4. The van der Waals surface area contributed by atoms with Crippen LogP contribution in [-0.2, 0) is 11.2 Å². The Hall–Kier alpha value is -2.44. The van der Waals surface area contributed by atoms with Gasteiger partial charge in [0, 0.05) is 17.0 Å². The largest absolute Gasteiger partial charge is 0.441 e. The third-order valence-corrected chi connectivity index (χ3v) is 5.45. The van der Waals surface area contributed by atoms with Crippen LogP contribution in [0.15, 0.2) is 46.2 Å². The third kappa shape index (κ3) is 4.84. The second-order valence-electron chi connectivity index (χ2n) is 6.87. The van der Waals surface area contributed by atoms with Gasteiger partial charge < -0.3 is 14.6 Å². The number of oxazole rings is 1. The number of aromatic nitrogens is 1. The van der Waals surface area contributed by atoms with Crippen molar-refractivity contribution >= 4 is 17.2 Å². The molecule has 0 aliphatic rings. The Labute approximate surface area is 164 Å². The number of amides is 1. The zero-order valence-electron chi connectivity index (χ0n) is 16.2. The molecule has 1 aromatic carbocycles. The molecule has 142 valence electrons. The standard InChI is InChI=1S/C21H25N3O2S/c1-14-7-5-8-16(11-14)21-23-17(15(2)26-21)12-20(25)22-13-18(24(3)4)19-9-6-10-27-19/h5-11,18H,12-13H2,1-4H3,(H,22,25). The van der Waals surface area contributed by atoms with E-state index >= 15 is 0 Å². The van der Waals surface area contributed by atoms with Gasteiger partial charge in [0.05, 0.1) is 18.2 Å². The normalized spacial score (nSPS) is 12.3. The van der Waals surface area contributed by atoms with Crippen molar-refractivity contribution in [3.8, 4) is 11.5 Å². The van der Waals surface area contributed by atoms with Gasteiger partial charge in [0.2, 0.25) is 11.8 Å². The fraction of sp³-hybridized carbons (Fsp3) is 0.333. The number of carbonyl (C=O) groups excluding carboxylic acids is 1. The van der Waals surface area contributed by atoms with Crippen molar-refractivity contribution in [3.63, 3.8) is 0 Å². The molecule has 3 rings (SSSR count). The average molecular weight is 384 g/mol. The molecule has 6 heteroatoms. The molecule has 1 amide bonds. The lowest BCUT2D eigenvalue weighted by Crippen LogP contribution is -2.35. The number of hydrogen-bond acceptors (Lipinski definition) is 5. The Kier molecular flexibility index (Phi) is 6.08. The van der Waals surface area contributed by atoms with Gasteiger partial charge in [-0.3, -0.25) is 4.79 Å². The molecule has 27 heavy (non-hydrogen) atoms. The summed E-state index contributed by atoms with van der Waals surface area (Å²) in [7, 11) is 4.04. The molecule has 0 bridgehead atoms. The fourth-order valence-electron chi connectivity index (χ4n) is 2.94. The molecule has 2 aromatic heterocycles. The van der Waals surface area contributed by atoms with E-state index in [1.807, 2.05) is 58.3 Å². The summed E-state index contributed by atoms with van der Waals surface area (Å²) in [5.74, 6) is 1.19. The van der Waals surface area contributed by atoms with E-state index in [1.54, 1.807) is 11.3 Å². The fourth-order valence-corrected chi connectivity index (χ4v) is 3.86. The number of hydrogen-bond donors (Lipinski definition) is 1. The Morgan fingerprint density at radius 2 is 2.07 bits per heavy atom. The van der Waals surface area contributed by atoms with Crippen molar-refractivity contribution in [2.24, 2.45) is 0 Å². The number of nitrogens with zero attached hydrogens (tertiary/aromatic N) is 2. The average Bonchev–Trinajstić information content (AvgIpc) is 3.26. The first-order valence-corrected chi connectivity index (χ1v) is 9.82. The molecule has 0 radical (unpaired) electrons. The second-order valence-corrected chi connectivity index (χ2v) is 7.85. The number of benzene rings is 1. The van der Waals surface area contributed by atoms with Crippen molar-refractivity contribution in [2.75, 3.05) is 20.6 Å². The number of nitrogens with one attached hydrogen (secondary N) is 1. The van der Waals surface area contributed by atoms with E-state index in [4.69, 9.17) is 4.42 Å². The molecule has 0 saturated heterocycles. The lowest BCUT2D eigenvalue weighted by atomic mass is 10.1. The predicted molar refractivity (Wildman–Crippen MR) is 109 cm³/mol. The van der Waals surface area contributed by atoms with Gasteiger partial charge in [0.15, 0.2) is 0 Å². The molecule has 2 heterocycles. The predicted octanol–water partition coefficient (Wildman–Crippen LogP) is 3.98. The minimum atomic E-state index is -0.0504. The van der Waals surface area contributed by atoms with Crippen LogP contribution in [0.4, 0.5) is 0 Å². The Balaban J connectivity index is 1.64. The SMILES string of the molecule is Cc1cccc(-c2nc(CC(=O)NCC(c3cccs3)N(C)C)c(C)o2)c1. The summed E-state index contributed by atoms with van der Waals surface area (Å²) in [6, 6.07) is 12.3. The molecular weight excluding hydrogens is 358 g/mol. The maximum atomic E-state index is 12.5. The zero-order valence-corrected chi connectivity index (χ0v) is 17.0. The van der Waals surface area contributed by atoms with Gasteiger partial charge in [-0.1, -0.05) is 23.8 Å². The highest BCUT2D eigenvalue weighted by molar-refractivity contribution is 7.10. The molecule has 3 aromatic rings. The Morgan fingerprint density at radius 3 is 2.74 bits per heavy atom. The van der Waals surface area contributed by atoms with Crippen LogP contribution in [0, 0.1) is 13.8 Å². The Bertz CT molecular complexity index is 900. The number of thiophene rings is 1. The van der Waals surface area contributed by atoms with E-state index in [9.17, 15) is 4.79 Å². The van der Waals surface area contributed by atoms with E-state index in [-0.39, 0.29) is 18.4 Å². The number of carbonyl (C=O) groups is 1. The van der Waals surface area contributed by atoms with Gasteiger partial charge in [0.25, 0.3) is 0 Å². The third-order valence-electron chi connectivity index (χ3n) is 4.47. The van der Waals surface area contributed by atoms with Gasteiger partial charge in [-0.15, -0.1) is 11.3 Å². The Morgan fingerprint density at radius 1 is 1.26 bits per heavy atom. The van der Waals surface area contributed by atoms with Crippen molar-refractivity contribution in [2.45, 2.75) is 26.3 Å². The van der Waals surface area contributed by atoms with Crippen LogP contribution >= 0.6 is 11.3 Å². The molecule has 1 atom stereocenters. The van der Waals surface area contributed by atoms with Crippen molar-refractivity contribution < 1.29 is 9.21 Å². The van der Waals surface area contributed by atoms with Crippen molar-refractivity contribution in [1.82, 2.24) is 15.2 Å². The van der Waals surface area contributed by atoms with Crippen molar-refractivity contribution in [1.29, 1.82) is 0 Å². The monoisotopic (exact) mass is 383 g/mol. The molecule has 1 unspecified atom stereocenters. The van der Waals surface area contributed by atoms with Crippen LogP contribution in [0.5, 0.6) is 0 Å². The molecule has 0 spiro atoms. The first kappa shape index (κ1) is 19.3. The number of rotatable bonds is 7. The minimum Gasteiger partial charge on any atom is -0.441 e. The van der Waals surface area contributed by atoms with E-state index < -0.39 is 0 Å². The van der Waals surface area contributed by atoms with E-state index in [0.29, 0.717) is 23.9 Å². The summed E-state index contributed by atoms with van der Waals surface area (Å²) in [5.41, 5.74) is 2.75. The van der Waals surface area contributed by atoms with Gasteiger partial charge in [-0.05, 0) is 51.5 Å². The van der Waals surface area contributed by atoms with Crippen molar-refractivity contribution in [3.05, 3.63) is 63.7 Å². The van der Waals surface area contributed by atoms with Crippen LogP contribution in [-0.4, -0.2) is 36.4 Å². The maximum Gasteiger partial charge on any atom is 0.226 e. The van der Waals surface area contributed by atoms with E-state index in [0.717, 1.165) is 11.1 Å². The summed E-state index contributed by atoms with van der Waals surface area (Å²) in [6.45, 7) is 4.44. The van der Waals surface area contributed by atoms with Crippen LogP contribution in [0.1, 0.15) is 27.9 Å². The van der Waals surface area contributed by atoms with E-state index in [1.165, 1.54) is 4.88 Å². The minimum absolute atomic E-state index is 0.0504. The summed E-state index contributed by atoms with van der Waals surface area (Å²) in [6.07, 6.45) is 0.214. The second kappa shape index (κ2) is 8.50. The van der Waals surface area contributed by atoms with E-state index in [2.05, 4.69) is 26.6 Å². The topological polar surface area (TPSA) is 58.4 Å². The first-order valence-electron chi connectivity index (χ1n) is 8.94. The molecule has 1 N–H and O–H groups in total. The van der Waals surface area contributed by atoms with Gasteiger partial charge in [-0.25, -0.2) is 4.98 Å². The summed E-state index contributed by atoms with van der Waals surface area (Å²) >= 11 is 1.70. The quantitative estimate of drug-likeness (QED) is 0.670. The van der Waals surface area contributed by atoms with Crippen LogP contribution in [0.3, 0.4) is 0 Å². The molecule has 0 aliphatic heterocycles. The number of aryl methyl sites for hydroxylation is 2. The summed E-state index contributed by atoms with van der Waals surface area (Å²) in [5, 5.41) is 5.09. The lowest BCUT2D eigenvalue weighted by Gasteiger charge is -2.23. The maximum absolute atomic E-state index is 12.5. The molecular formula is C21H25N3O2S. The van der Waals surface area contributed by atoms with Gasteiger partial charge in [0.1, 0.15) is 5.76 Å². The lowest BCUT2D eigenvalue weighted by molar-refractivity contribution is -0.120. The van der Waals surface area contributed by atoms with Crippen LogP contribution < -0.4 is 5.32 Å². The number of likely N-dealkylation sites (N-methyl/N-ethyl adjacent to an activating group) is 1. The highest BCUT2D eigenvalue weighted by Gasteiger charge is 2.18. The molecule has 0 fully saturated rings. The summed E-state index contributed by atoms with van der Waals surface area (Å²) in [4.78, 5) is 20.3. The van der Waals surface area contributed by atoms with Gasteiger partial charge >= 0.3 is 0 Å². The smallest absolute Gasteiger partial charge is 0.226 e. The van der Waals surface area contributed by atoms with Crippen LogP contribution in [0.25, 0.3) is 11.5 Å². The molecule has 5 nitrogen and oxygen atoms in total. The van der Waals surface area contributed by atoms with Crippen LogP contribution in [0.2, 0.25) is 0 Å².